The van der Waals surface area contributed by atoms with Gasteiger partial charge in [0.15, 0.2) is 0 Å². The van der Waals surface area contributed by atoms with E-state index in [0.717, 1.165) is 18.9 Å². The topological polar surface area (TPSA) is 54.6 Å². The van der Waals surface area contributed by atoms with Crippen molar-refractivity contribution in [1.82, 2.24) is 9.88 Å². The van der Waals surface area contributed by atoms with Gasteiger partial charge in [-0.3, -0.25) is 4.90 Å². The lowest BCUT2D eigenvalue weighted by Gasteiger charge is -2.48. The number of aromatic nitrogens is 1. The minimum atomic E-state index is 0.477. The lowest BCUT2D eigenvalue weighted by molar-refractivity contribution is 0.115. The van der Waals surface area contributed by atoms with Crippen molar-refractivity contribution in [2.75, 3.05) is 36.9 Å². The molecule has 5 heteroatoms. The number of nitrogens with two attached hydrogens (primary N) is 1. The molecule has 2 atom stereocenters. The summed E-state index contributed by atoms with van der Waals surface area (Å²) in [7, 11) is 0. The first kappa shape index (κ1) is 14.4. The summed E-state index contributed by atoms with van der Waals surface area (Å²) in [6, 6.07) is 5.08. The second kappa shape index (κ2) is 6.10. The van der Waals surface area contributed by atoms with Crippen molar-refractivity contribution >= 4 is 11.5 Å². The molecule has 2 fully saturated rings. The van der Waals surface area contributed by atoms with Crippen molar-refractivity contribution < 1.29 is 4.74 Å². The molecule has 1 aromatic rings. The summed E-state index contributed by atoms with van der Waals surface area (Å²) in [5.41, 5.74) is 6.55. The molecule has 0 aliphatic carbocycles. The third-order valence-corrected chi connectivity index (χ3v) is 4.64. The zero-order valence-corrected chi connectivity index (χ0v) is 13.1. The van der Waals surface area contributed by atoms with Crippen LogP contribution in [0.1, 0.15) is 33.1 Å². The minimum Gasteiger partial charge on any atom is -0.476 e. The summed E-state index contributed by atoms with van der Waals surface area (Å²) in [5.74, 6) is 1.55. The van der Waals surface area contributed by atoms with E-state index in [1.165, 1.54) is 25.8 Å². The number of piperidine rings is 1. The van der Waals surface area contributed by atoms with Crippen LogP contribution in [0.4, 0.5) is 11.5 Å². The summed E-state index contributed by atoms with van der Waals surface area (Å²) in [6.45, 7) is 8.26. The summed E-state index contributed by atoms with van der Waals surface area (Å²) in [6.07, 6.45) is 4.00. The predicted octanol–water partition coefficient (Wildman–Crippen LogP) is 2.13. The van der Waals surface area contributed by atoms with Gasteiger partial charge in [0.2, 0.25) is 5.88 Å². The van der Waals surface area contributed by atoms with E-state index >= 15 is 0 Å². The molecule has 0 bridgehead atoms. The first-order valence-electron chi connectivity index (χ1n) is 8.09. The molecule has 0 aromatic carbocycles. The third kappa shape index (κ3) is 2.93. The van der Waals surface area contributed by atoms with Crippen LogP contribution in [-0.4, -0.2) is 48.2 Å². The van der Waals surface area contributed by atoms with Crippen LogP contribution >= 0.6 is 0 Å². The van der Waals surface area contributed by atoms with Crippen LogP contribution in [0.3, 0.4) is 0 Å². The normalized spacial score (nSPS) is 26.5. The third-order valence-electron chi connectivity index (χ3n) is 4.64. The number of nitrogen functional groups attached to an aromatic ring is 1. The van der Waals surface area contributed by atoms with Crippen molar-refractivity contribution in [2.45, 2.75) is 45.2 Å². The number of piperazine rings is 1. The van der Waals surface area contributed by atoms with E-state index in [0.29, 0.717) is 30.3 Å². The molecule has 5 nitrogen and oxygen atoms in total. The van der Waals surface area contributed by atoms with E-state index in [2.05, 4.69) is 21.7 Å². The first-order chi connectivity index (χ1) is 10.2. The zero-order valence-electron chi connectivity index (χ0n) is 13.1. The highest BCUT2D eigenvalue weighted by molar-refractivity contribution is 5.55. The largest absolute Gasteiger partial charge is 0.476 e. The molecule has 0 spiro atoms. The predicted molar refractivity (Wildman–Crippen MR) is 85.8 cm³/mol. The Kier molecular flexibility index (Phi) is 4.19. The van der Waals surface area contributed by atoms with E-state index in [4.69, 9.17) is 10.5 Å². The number of nitrogens with zero attached hydrogens (tertiary/aromatic N) is 3. The molecule has 2 N–H and O–H groups in total. The fraction of sp³-hybridized carbons (Fsp3) is 0.688. The Balaban J connectivity index is 1.80. The van der Waals surface area contributed by atoms with Gasteiger partial charge in [-0.05, 0) is 45.4 Å². The van der Waals surface area contributed by atoms with Crippen molar-refractivity contribution in [3.05, 3.63) is 12.1 Å². The van der Waals surface area contributed by atoms with Crippen LogP contribution in [0.15, 0.2) is 12.1 Å². The fourth-order valence-electron chi connectivity index (χ4n) is 3.53. The standard InChI is InChI=1S/C16H26N4O/c1-3-21-16-14(17)7-8-15(18-16)20-11-13-6-4-5-9-19(13)10-12(20)2/h7-8,12-13H,3-6,9-11,17H2,1-2H3. The van der Waals surface area contributed by atoms with Crippen LogP contribution in [0, 0.1) is 0 Å². The Morgan fingerprint density at radius 2 is 2.19 bits per heavy atom. The molecule has 116 valence electrons. The number of fused-ring (bicyclic) bond motifs is 1. The summed E-state index contributed by atoms with van der Waals surface area (Å²) >= 11 is 0. The van der Waals surface area contributed by atoms with Crippen molar-refractivity contribution in [3.63, 3.8) is 0 Å². The van der Waals surface area contributed by atoms with Crippen LogP contribution in [0.2, 0.25) is 0 Å². The van der Waals surface area contributed by atoms with Crippen LogP contribution in [0.25, 0.3) is 0 Å². The van der Waals surface area contributed by atoms with E-state index in [1.807, 2.05) is 19.1 Å². The summed E-state index contributed by atoms with van der Waals surface area (Å²) in [4.78, 5) is 9.69. The smallest absolute Gasteiger partial charge is 0.239 e. The Hall–Kier alpha value is -1.49. The molecule has 0 radical (unpaired) electrons. The van der Waals surface area contributed by atoms with E-state index in [1.54, 1.807) is 0 Å². The second-order valence-corrected chi connectivity index (χ2v) is 6.14. The second-order valence-electron chi connectivity index (χ2n) is 6.14. The molecule has 0 amide bonds. The molecular formula is C16H26N4O. The van der Waals surface area contributed by atoms with Gasteiger partial charge in [-0.2, -0.15) is 4.98 Å². The van der Waals surface area contributed by atoms with Crippen molar-refractivity contribution in [2.24, 2.45) is 0 Å². The van der Waals surface area contributed by atoms with E-state index < -0.39 is 0 Å². The molecular weight excluding hydrogens is 264 g/mol. The van der Waals surface area contributed by atoms with E-state index in [-0.39, 0.29) is 0 Å². The molecule has 3 rings (SSSR count). The minimum absolute atomic E-state index is 0.477. The van der Waals surface area contributed by atoms with Gasteiger partial charge in [0, 0.05) is 25.2 Å². The quantitative estimate of drug-likeness (QED) is 0.924. The number of ether oxygens (including phenoxy) is 1. The van der Waals surface area contributed by atoms with Crippen LogP contribution in [0.5, 0.6) is 5.88 Å². The first-order valence-corrected chi connectivity index (χ1v) is 8.09. The molecule has 0 saturated carbocycles. The number of hydrogen-bond acceptors (Lipinski definition) is 5. The average molecular weight is 290 g/mol. The monoisotopic (exact) mass is 290 g/mol. The molecule has 2 unspecified atom stereocenters. The zero-order chi connectivity index (χ0) is 14.8. The molecule has 2 saturated heterocycles. The fourth-order valence-corrected chi connectivity index (χ4v) is 3.53. The van der Waals surface area contributed by atoms with Gasteiger partial charge in [0.1, 0.15) is 5.82 Å². The highest BCUT2D eigenvalue weighted by atomic mass is 16.5. The van der Waals surface area contributed by atoms with Gasteiger partial charge in [-0.15, -0.1) is 0 Å². The lowest BCUT2D eigenvalue weighted by Crippen LogP contribution is -2.59. The highest BCUT2D eigenvalue weighted by Crippen LogP contribution is 2.29. The van der Waals surface area contributed by atoms with Crippen LogP contribution < -0.4 is 15.4 Å². The molecule has 2 aliphatic rings. The summed E-state index contributed by atoms with van der Waals surface area (Å²) < 4.78 is 5.54. The maximum atomic E-state index is 5.93. The SMILES string of the molecule is CCOc1nc(N2CC3CCCCN3CC2C)ccc1N. The maximum Gasteiger partial charge on any atom is 0.239 e. The maximum absolute atomic E-state index is 5.93. The number of pyridine rings is 1. The lowest BCUT2D eigenvalue weighted by atomic mass is 9.97. The van der Waals surface area contributed by atoms with Crippen molar-refractivity contribution in [3.8, 4) is 5.88 Å². The number of hydrogen-bond donors (Lipinski definition) is 1. The van der Waals surface area contributed by atoms with Gasteiger partial charge >= 0.3 is 0 Å². The highest BCUT2D eigenvalue weighted by Gasteiger charge is 2.33. The number of rotatable bonds is 3. The van der Waals surface area contributed by atoms with Gasteiger partial charge in [0.05, 0.1) is 12.3 Å². The number of anilines is 2. The Bertz CT molecular complexity index is 493. The molecule has 2 aliphatic heterocycles. The Labute approximate surface area is 127 Å². The van der Waals surface area contributed by atoms with Crippen molar-refractivity contribution in [1.29, 1.82) is 0 Å². The Morgan fingerprint density at radius 3 is 3.00 bits per heavy atom. The summed E-state index contributed by atoms with van der Waals surface area (Å²) in [5, 5.41) is 0. The van der Waals surface area contributed by atoms with Gasteiger partial charge < -0.3 is 15.4 Å². The molecule has 3 heterocycles. The molecule has 21 heavy (non-hydrogen) atoms. The van der Waals surface area contributed by atoms with Gasteiger partial charge in [0.25, 0.3) is 0 Å². The molecule has 1 aromatic heterocycles. The van der Waals surface area contributed by atoms with Crippen LogP contribution in [-0.2, 0) is 0 Å². The van der Waals surface area contributed by atoms with Gasteiger partial charge in [-0.25, -0.2) is 0 Å². The average Bonchev–Trinajstić information content (AvgIpc) is 2.49. The van der Waals surface area contributed by atoms with E-state index in [9.17, 15) is 0 Å². The van der Waals surface area contributed by atoms with Gasteiger partial charge in [-0.1, -0.05) is 6.42 Å². The Morgan fingerprint density at radius 1 is 1.33 bits per heavy atom.